The summed E-state index contributed by atoms with van der Waals surface area (Å²) in [5.41, 5.74) is 5.35. The fraction of sp³-hybridized carbons (Fsp3) is 0.545. The molecular weight excluding hydrogens is 242 g/mol. The Kier molecular flexibility index (Phi) is 4.89. The van der Waals surface area contributed by atoms with E-state index in [2.05, 4.69) is 0 Å². The van der Waals surface area contributed by atoms with E-state index >= 15 is 0 Å². The highest BCUT2D eigenvalue weighted by Gasteiger charge is 2.16. The maximum Gasteiger partial charge on any atom is 0.199 e. The van der Waals surface area contributed by atoms with Crippen LogP contribution in [-0.4, -0.2) is 25.7 Å². The van der Waals surface area contributed by atoms with Crippen molar-refractivity contribution in [2.45, 2.75) is 26.3 Å². The molecule has 0 radical (unpaired) electrons. The van der Waals surface area contributed by atoms with Gasteiger partial charge in [0.1, 0.15) is 5.76 Å². The summed E-state index contributed by atoms with van der Waals surface area (Å²) >= 11 is 0. The van der Waals surface area contributed by atoms with E-state index in [1.165, 1.54) is 6.07 Å². The van der Waals surface area contributed by atoms with Crippen LogP contribution in [-0.2, 0) is 16.4 Å². The molecule has 0 atom stereocenters. The lowest BCUT2D eigenvalue weighted by Crippen LogP contribution is -2.14. The first kappa shape index (κ1) is 13.9. The van der Waals surface area contributed by atoms with Crippen molar-refractivity contribution >= 4 is 15.6 Å². The molecular formula is C11H17NO4S. The second kappa shape index (κ2) is 5.97. The number of nitrogens with two attached hydrogens (primary N) is 1. The van der Waals surface area contributed by atoms with E-state index in [0.29, 0.717) is 12.2 Å². The first-order chi connectivity index (χ1) is 7.98. The lowest BCUT2D eigenvalue weighted by molar-refractivity contribution is 0.0960. The number of sulfone groups is 1. The number of furan rings is 1. The van der Waals surface area contributed by atoms with Gasteiger partial charge in [-0.15, -0.1) is 0 Å². The van der Waals surface area contributed by atoms with Gasteiger partial charge in [-0.05, 0) is 18.6 Å². The third-order valence-electron chi connectivity index (χ3n) is 2.29. The van der Waals surface area contributed by atoms with Crippen LogP contribution in [0, 0.1) is 0 Å². The third-order valence-corrected chi connectivity index (χ3v) is 4.15. The molecule has 1 aromatic heterocycles. The van der Waals surface area contributed by atoms with Gasteiger partial charge in [0.25, 0.3) is 0 Å². The largest absolute Gasteiger partial charge is 0.457 e. The molecule has 0 unspecified atom stereocenters. The van der Waals surface area contributed by atoms with Crippen LogP contribution in [0.3, 0.4) is 0 Å². The number of rotatable bonds is 7. The molecule has 96 valence electrons. The lowest BCUT2D eigenvalue weighted by Gasteiger charge is -2.00. The summed E-state index contributed by atoms with van der Waals surface area (Å²) in [7, 11) is -3.12. The highest BCUT2D eigenvalue weighted by Crippen LogP contribution is 2.10. The second-order valence-corrected chi connectivity index (χ2v) is 6.10. The quantitative estimate of drug-likeness (QED) is 0.741. The average molecular weight is 259 g/mol. The summed E-state index contributed by atoms with van der Waals surface area (Å²) in [5, 5.41) is 0. The minimum Gasteiger partial charge on any atom is -0.457 e. The zero-order valence-electron chi connectivity index (χ0n) is 9.81. The molecule has 1 aromatic rings. The van der Waals surface area contributed by atoms with E-state index in [1.54, 1.807) is 13.0 Å². The summed E-state index contributed by atoms with van der Waals surface area (Å²) in [5.74, 6) is 0.386. The Bertz CT molecular complexity index is 475. The molecule has 6 heteroatoms. The van der Waals surface area contributed by atoms with Gasteiger partial charge in [-0.2, -0.15) is 0 Å². The monoisotopic (exact) mass is 259 g/mol. The highest BCUT2D eigenvalue weighted by molar-refractivity contribution is 7.91. The van der Waals surface area contributed by atoms with Gasteiger partial charge in [0.2, 0.25) is 0 Å². The predicted molar refractivity (Wildman–Crippen MR) is 64.5 cm³/mol. The summed E-state index contributed by atoms with van der Waals surface area (Å²) in [4.78, 5) is 11.6. The fourth-order valence-electron chi connectivity index (χ4n) is 1.42. The number of hydrogen-bond donors (Lipinski definition) is 1. The van der Waals surface area contributed by atoms with Crippen LogP contribution in [0.5, 0.6) is 0 Å². The van der Waals surface area contributed by atoms with Crippen LogP contribution >= 0.6 is 0 Å². The van der Waals surface area contributed by atoms with E-state index in [0.717, 1.165) is 0 Å². The van der Waals surface area contributed by atoms with E-state index in [4.69, 9.17) is 10.2 Å². The van der Waals surface area contributed by atoms with Crippen LogP contribution in [0.25, 0.3) is 0 Å². The molecule has 2 N–H and O–H groups in total. The van der Waals surface area contributed by atoms with E-state index in [1.807, 2.05) is 0 Å². The van der Waals surface area contributed by atoms with Gasteiger partial charge in [0.15, 0.2) is 21.4 Å². The molecule has 5 nitrogen and oxygen atoms in total. The van der Waals surface area contributed by atoms with E-state index < -0.39 is 9.84 Å². The predicted octanol–water partition coefficient (Wildman–Crippen LogP) is 1.14. The number of Topliss-reactive ketones (excluding diaryl/α,β-unsaturated/α-hetero) is 1. The number of hydrogen-bond acceptors (Lipinski definition) is 5. The second-order valence-electron chi connectivity index (χ2n) is 3.80. The van der Waals surface area contributed by atoms with Crippen molar-refractivity contribution < 1.29 is 17.6 Å². The lowest BCUT2D eigenvalue weighted by atomic mass is 10.2. The van der Waals surface area contributed by atoms with Crippen LogP contribution in [0.15, 0.2) is 16.5 Å². The molecule has 1 rings (SSSR count). The molecule has 17 heavy (non-hydrogen) atoms. The highest BCUT2D eigenvalue weighted by atomic mass is 32.2. The van der Waals surface area contributed by atoms with E-state index in [9.17, 15) is 13.2 Å². The molecule has 0 aliphatic heterocycles. The Balaban J connectivity index is 2.56. The zero-order valence-corrected chi connectivity index (χ0v) is 10.6. The number of ketones is 1. The van der Waals surface area contributed by atoms with Crippen molar-refractivity contribution in [3.05, 3.63) is 23.7 Å². The van der Waals surface area contributed by atoms with Crippen LogP contribution in [0.2, 0.25) is 0 Å². The van der Waals surface area contributed by atoms with Crippen molar-refractivity contribution in [3.8, 4) is 0 Å². The van der Waals surface area contributed by atoms with Gasteiger partial charge in [-0.1, -0.05) is 6.92 Å². The molecule has 1 heterocycles. The normalized spacial score (nSPS) is 11.6. The van der Waals surface area contributed by atoms with Crippen LogP contribution < -0.4 is 5.73 Å². The Morgan fingerprint density at radius 2 is 2.06 bits per heavy atom. The Hall–Kier alpha value is -1.14. The van der Waals surface area contributed by atoms with Crippen molar-refractivity contribution in [2.24, 2.45) is 5.73 Å². The molecule has 0 aromatic carbocycles. The van der Waals surface area contributed by atoms with Crippen molar-refractivity contribution in [2.75, 3.05) is 11.5 Å². The molecule has 0 aliphatic carbocycles. The average Bonchev–Trinajstić information content (AvgIpc) is 2.74. The Morgan fingerprint density at radius 1 is 1.35 bits per heavy atom. The van der Waals surface area contributed by atoms with Gasteiger partial charge in [-0.25, -0.2) is 8.42 Å². The minimum atomic E-state index is -3.12. The van der Waals surface area contributed by atoms with Gasteiger partial charge >= 0.3 is 0 Å². The molecule has 0 fully saturated rings. The van der Waals surface area contributed by atoms with Crippen LogP contribution in [0.4, 0.5) is 0 Å². The standard InChI is InChI=1S/C11H17NO4S/c1-2-6-17(14,15)7-5-10(13)11-4-3-9(8-12)16-11/h3-4H,2,5-8,12H2,1H3. The fourth-order valence-corrected chi connectivity index (χ4v) is 2.74. The first-order valence-corrected chi connectivity index (χ1v) is 7.33. The van der Waals surface area contributed by atoms with Gasteiger partial charge in [-0.3, -0.25) is 4.79 Å². The Labute approximate surface area is 101 Å². The van der Waals surface area contributed by atoms with Crippen molar-refractivity contribution in [3.63, 3.8) is 0 Å². The zero-order chi connectivity index (χ0) is 12.9. The maximum absolute atomic E-state index is 11.6. The summed E-state index contributed by atoms with van der Waals surface area (Å²) in [6.07, 6.45) is 0.522. The topological polar surface area (TPSA) is 90.4 Å². The number of carbonyl (C=O) groups excluding carboxylic acids is 1. The maximum atomic E-state index is 11.6. The third kappa shape index (κ3) is 4.32. The first-order valence-electron chi connectivity index (χ1n) is 5.51. The SMILES string of the molecule is CCCS(=O)(=O)CCC(=O)c1ccc(CN)o1. The number of carbonyl (C=O) groups is 1. The van der Waals surface area contributed by atoms with Crippen LogP contribution in [0.1, 0.15) is 36.1 Å². The smallest absolute Gasteiger partial charge is 0.199 e. The summed E-state index contributed by atoms with van der Waals surface area (Å²) in [6, 6.07) is 3.14. The molecule has 0 bridgehead atoms. The summed E-state index contributed by atoms with van der Waals surface area (Å²) in [6.45, 7) is 2.01. The van der Waals surface area contributed by atoms with Gasteiger partial charge in [0.05, 0.1) is 12.3 Å². The Morgan fingerprint density at radius 3 is 2.59 bits per heavy atom. The van der Waals surface area contributed by atoms with Gasteiger partial charge < -0.3 is 10.2 Å². The summed E-state index contributed by atoms with van der Waals surface area (Å²) < 4.78 is 28.0. The molecule has 0 saturated carbocycles. The minimum absolute atomic E-state index is 0.0418. The molecule has 0 saturated heterocycles. The van der Waals surface area contributed by atoms with Crippen molar-refractivity contribution in [1.82, 2.24) is 0 Å². The molecule has 0 amide bonds. The molecule has 0 spiro atoms. The molecule has 0 aliphatic rings. The van der Waals surface area contributed by atoms with E-state index in [-0.39, 0.29) is 36.0 Å². The van der Waals surface area contributed by atoms with Gasteiger partial charge in [0, 0.05) is 12.2 Å². The van der Waals surface area contributed by atoms with Crippen molar-refractivity contribution in [1.29, 1.82) is 0 Å².